The molecule has 5 heteroatoms. The molecule has 0 spiro atoms. The van der Waals surface area contributed by atoms with Crippen molar-refractivity contribution in [1.82, 2.24) is 0 Å². The summed E-state index contributed by atoms with van der Waals surface area (Å²) in [6, 6.07) is 0. The molecule has 0 saturated heterocycles. The number of carboxylic acid groups (broad SMARTS) is 1. The minimum Gasteiger partial charge on any atom is -1.00 e. The molecular formula is C9H16ClLiO3. The molecule has 1 fully saturated rings. The molecule has 14 heavy (non-hydrogen) atoms. The van der Waals surface area contributed by atoms with Crippen LogP contribution >= 0.6 is 0 Å². The molecule has 78 valence electrons. The molecule has 1 rings (SSSR count). The third-order valence-corrected chi connectivity index (χ3v) is 2.59. The molecule has 3 nitrogen and oxygen atoms in total. The first-order valence-corrected chi connectivity index (χ1v) is 4.47. The third-order valence-electron chi connectivity index (χ3n) is 2.59. The van der Waals surface area contributed by atoms with Gasteiger partial charge in [-0.25, -0.2) is 0 Å². The van der Waals surface area contributed by atoms with Gasteiger partial charge in [0, 0.05) is 13.5 Å². The molecule has 0 aromatic rings. The van der Waals surface area contributed by atoms with Gasteiger partial charge in [0.2, 0.25) is 0 Å². The fraction of sp³-hybridized carbons (Fsp3) is 0.889. The first-order valence-electron chi connectivity index (χ1n) is 4.47. The second-order valence-electron chi connectivity index (χ2n) is 3.48. The third kappa shape index (κ3) is 5.93. The van der Waals surface area contributed by atoms with Crippen molar-refractivity contribution >= 4 is 5.97 Å². The number of carbonyl (C=O) groups is 1. The molecule has 1 N–H and O–H groups in total. The van der Waals surface area contributed by atoms with Crippen molar-refractivity contribution in [2.24, 2.45) is 5.92 Å². The monoisotopic (exact) mass is 214 g/mol. The van der Waals surface area contributed by atoms with Gasteiger partial charge in [-0.2, -0.15) is 0 Å². The molecule has 0 unspecified atom stereocenters. The van der Waals surface area contributed by atoms with E-state index in [1.807, 2.05) is 0 Å². The largest absolute Gasteiger partial charge is 1.00 e. The number of hydrogen-bond acceptors (Lipinski definition) is 2. The fourth-order valence-electron chi connectivity index (χ4n) is 1.82. The molecule has 0 aliphatic heterocycles. The number of methoxy groups -OCH3 is 1. The summed E-state index contributed by atoms with van der Waals surface area (Å²) in [7, 11) is 1.72. The second kappa shape index (κ2) is 8.61. The maximum Gasteiger partial charge on any atom is 1.00 e. The summed E-state index contributed by atoms with van der Waals surface area (Å²) in [6.45, 7) is 0. The Morgan fingerprint density at radius 1 is 1.36 bits per heavy atom. The number of hydrogen-bond donors (Lipinski definition) is 1. The average Bonchev–Trinajstić information content (AvgIpc) is 2.05. The maximum atomic E-state index is 10.4. The first-order chi connectivity index (χ1) is 5.72. The molecule has 0 aromatic heterocycles. The van der Waals surface area contributed by atoms with Crippen LogP contribution in [0, 0.1) is 5.92 Å². The summed E-state index contributed by atoms with van der Waals surface area (Å²) < 4.78 is 5.20. The summed E-state index contributed by atoms with van der Waals surface area (Å²) in [6.07, 6.45) is 4.75. The van der Waals surface area contributed by atoms with Crippen molar-refractivity contribution in [3.63, 3.8) is 0 Å². The Morgan fingerprint density at radius 2 is 1.86 bits per heavy atom. The van der Waals surface area contributed by atoms with Crippen LogP contribution in [0.2, 0.25) is 0 Å². The standard InChI is InChI=1S/C9H16O3.ClH.Li/c1-12-8-4-2-7(3-5-8)6-9(10)11;;/h7-8H,2-6H2,1H3,(H,10,11);1H;/q;;+1/p-1. The minimum absolute atomic E-state index is 0. The van der Waals surface area contributed by atoms with E-state index in [1.165, 1.54) is 0 Å². The van der Waals surface area contributed by atoms with Crippen LogP contribution in [-0.4, -0.2) is 24.3 Å². The van der Waals surface area contributed by atoms with Gasteiger partial charge in [-0.05, 0) is 31.6 Å². The molecular weight excluding hydrogens is 198 g/mol. The van der Waals surface area contributed by atoms with Crippen LogP contribution in [0.25, 0.3) is 0 Å². The van der Waals surface area contributed by atoms with Crippen LogP contribution in [-0.2, 0) is 9.53 Å². The predicted octanol–water partition coefficient (Wildman–Crippen LogP) is -4.33. The molecule has 0 heterocycles. The van der Waals surface area contributed by atoms with Gasteiger partial charge >= 0.3 is 24.8 Å². The quantitative estimate of drug-likeness (QED) is 0.484. The van der Waals surface area contributed by atoms with Gasteiger partial charge < -0.3 is 22.3 Å². The summed E-state index contributed by atoms with van der Waals surface area (Å²) in [5.41, 5.74) is 0. The van der Waals surface area contributed by atoms with Crippen LogP contribution < -0.4 is 31.3 Å². The van der Waals surface area contributed by atoms with Crippen molar-refractivity contribution in [1.29, 1.82) is 0 Å². The Labute approximate surface area is 103 Å². The summed E-state index contributed by atoms with van der Waals surface area (Å²) in [5.74, 6) is -0.287. The van der Waals surface area contributed by atoms with Crippen LogP contribution in [0.1, 0.15) is 32.1 Å². The number of carboxylic acids is 1. The summed E-state index contributed by atoms with van der Waals surface area (Å²) >= 11 is 0. The van der Waals surface area contributed by atoms with Crippen molar-refractivity contribution < 1.29 is 45.9 Å². The van der Waals surface area contributed by atoms with Gasteiger partial charge in [0.05, 0.1) is 6.10 Å². The van der Waals surface area contributed by atoms with Gasteiger partial charge in [-0.15, -0.1) is 0 Å². The molecule has 0 amide bonds. The second-order valence-corrected chi connectivity index (χ2v) is 3.48. The van der Waals surface area contributed by atoms with E-state index in [4.69, 9.17) is 9.84 Å². The Kier molecular flexibility index (Phi) is 10.3. The van der Waals surface area contributed by atoms with Gasteiger partial charge in [0.15, 0.2) is 0 Å². The topological polar surface area (TPSA) is 46.5 Å². The normalized spacial score (nSPS) is 25.8. The van der Waals surface area contributed by atoms with Crippen LogP contribution in [0.3, 0.4) is 0 Å². The van der Waals surface area contributed by atoms with E-state index in [-0.39, 0.29) is 31.3 Å². The van der Waals surface area contributed by atoms with E-state index in [1.54, 1.807) is 7.11 Å². The Balaban J connectivity index is 0. The minimum atomic E-state index is -0.670. The predicted molar refractivity (Wildman–Crippen MR) is 45.0 cm³/mol. The van der Waals surface area contributed by atoms with E-state index in [9.17, 15) is 4.79 Å². The number of aliphatic carboxylic acids is 1. The maximum absolute atomic E-state index is 10.4. The molecule has 1 saturated carbocycles. The number of halogens is 1. The van der Waals surface area contributed by atoms with Crippen molar-refractivity contribution in [3.05, 3.63) is 0 Å². The summed E-state index contributed by atoms with van der Waals surface area (Å²) in [5, 5.41) is 8.56. The zero-order valence-corrected chi connectivity index (χ0v) is 9.59. The van der Waals surface area contributed by atoms with Gasteiger partial charge in [-0.1, -0.05) is 0 Å². The van der Waals surface area contributed by atoms with Crippen molar-refractivity contribution in [2.75, 3.05) is 7.11 Å². The van der Waals surface area contributed by atoms with Crippen LogP contribution in [0.5, 0.6) is 0 Å². The fourth-order valence-corrected chi connectivity index (χ4v) is 1.82. The Morgan fingerprint density at radius 3 is 2.21 bits per heavy atom. The van der Waals surface area contributed by atoms with Crippen molar-refractivity contribution in [3.8, 4) is 0 Å². The van der Waals surface area contributed by atoms with Gasteiger partial charge in [0.1, 0.15) is 0 Å². The molecule has 1 aliphatic rings. The van der Waals surface area contributed by atoms with E-state index < -0.39 is 5.97 Å². The van der Waals surface area contributed by atoms with Gasteiger partial charge in [0.25, 0.3) is 0 Å². The zero-order chi connectivity index (χ0) is 8.97. The SMILES string of the molecule is COC1CCC(CC(=O)O)CC1.[Cl-].[Li+]. The summed E-state index contributed by atoms with van der Waals surface area (Å²) in [4.78, 5) is 10.4. The molecule has 0 bridgehead atoms. The van der Waals surface area contributed by atoms with Crippen molar-refractivity contribution in [2.45, 2.75) is 38.2 Å². The number of rotatable bonds is 3. The van der Waals surface area contributed by atoms with E-state index in [0.29, 0.717) is 18.4 Å². The first kappa shape index (κ1) is 16.7. The van der Waals surface area contributed by atoms with E-state index in [0.717, 1.165) is 25.7 Å². The Hall–Kier alpha value is 0.317. The smallest absolute Gasteiger partial charge is 1.00 e. The average molecular weight is 215 g/mol. The zero-order valence-electron chi connectivity index (χ0n) is 8.83. The van der Waals surface area contributed by atoms with E-state index in [2.05, 4.69) is 0 Å². The van der Waals surface area contributed by atoms with Crippen LogP contribution in [0.15, 0.2) is 0 Å². The molecule has 0 atom stereocenters. The van der Waals surface area contributed by atoms with Gasteiger partial charge in [-0.3, -0.25) is 4.79 Å². The van der Waals surface area contributed by atoms with E-state index >= 15 is 0 Å². The molecule has 1 aliphatic carbocycles. The molecule has 0 aromatic carbocycles. The van der Waals surface area contributed by atoms with Crippen LogP contribution in [0.4, 0.5) is 0 Å². The molecule has 0 radical (unpaired) electrons. The Bertz CT molecular complexity index is 158. The number of ether oxygens (including phenoxy) is 1.